The van der Waals surface area contributed by atoms with Crippen molar-refractivity contribution >= 4 is 39.6 Å². The van der Waals surface area contributed by atoms with E-state index in [1.165, 1.54) is 18.3 Å². The van der Waals surface area contributed by atoms with Crippen LogP contribution in [0.15, 0.2) is 28.7 Å². The third-order valence-corrected chi connectivity index (χ3v) is 8.31. The maximum Gasteiger partial charge on any atom is 0.132 e. The van der Waals surface area contributed by atoms with Crippen molar-refractivity contribution in [3.63, 3.8) is 0 Å². The fourth-order valence-electron chi connectivity index (χ4n) is 4.67. The maximum atomic E-state index is 15.2. The summed E-state index contributed by atoms with van der Waals surface area (Å²) in [7, 11) is 0. The predicted molar refractivity (Wildman–Crippen MR) is 145 cm³/mol. The lowest BCUT2D eigenvalue weighted by Crippen LogP contribution is -2.43. The standard InChI is InChI=1S/C27H36BrF2N3S/c1-26(2,3)16-34-11-9-27(4,5)15-33-10-8-18-19(6-7-23(32)20(18)14-31)25(33)24-21(29)12-17(28)13-22(24)30/h6-7,12-14,25,31H,8-11,15-16,32H2,1-5H3. The van der Waals surface area contributed by atoms with E-state index in [4.69, 9.17) is 11.1 Å². The van der Waals surface area contributed by atoms with Crippen LogP contribution in [0.3, 0.4) is 0 Å². The zero-order valence-electron chi connectivity index (χ0n) is 20.8. The second-order valence-corrected chi connectivity index (χ2v) is 13.2. The van der Waals surface area contributed by atoms with Crippen molar-refractivity contribution in [2.75, 3.05) is 30.3 Å². The molecule has 2 aromatic carbocycles. The van der Waals surface area contributed by atoms with Gasteiger partial charge in [0.1, 0.15) is 11.6 Å². The summed E-state index contributed by atoms with van der Waals surface area (Å²) >= 11 is 5.17. The molecule has 1 unspecified atom stereocenters. The largest absolute Gasteiger partial charge is 0.398 e. The number of benzene rings is 2. The van der Waals surface area contributed by atoms with Gasteiger partial charge in [0, 0.05) is 40.6 Å². The molecule has 0 spiro atoms. The molecule has 1 atom stereocenters. The third-order valence-electron chi connectivity index (χ3n) is 6.29. The van der Waals surface area contributed by atoms with E-state index in [2.05, 4.69) is 55.4 Å². The third kappa shape index (κ3) is 6.41. The highest BCUT2D eigenvalue weighted by Gasteiger charge is 2.36. The summed E-state index contributed by atoms with van der Waals surface area (Å²) < 4.78 is 30.9. The molecule has 0 amide bonds. The summed E-state index contributed by atoms with van der Waals surface area (Å²) in [6.07, 6.45) is 2.96. The zero-order chi connectivity index (χ0) is 25.3. The van der Waals surface area contributed by atoms with Crippen LogP contribution in [-0.2, 0) is 6.42 Å². The molecule has 0 saturated carbocycles. The lowest BCUT2D eigenvalue weighted by molar-refractivity contribution is 0.132. The monoisotopic (exact) mass is 551 g/mol. The Morgan fingerprint density at radius 1 is 1.18 bits per heavy atom. The first kappa shape index (κ1) is 27.2. The van der Waals surface area contributed by atoms with Crippen molar-refractivity contribution in [3.05, 3.63) is 62.6 Å². The van der Waals surface area contributed by atoms with Crippen molar-refractivity contribution in [1.82, 2.24) is 4.90 Å². The van der Waals surface area contributed by atoms with E-state index < -0.39 is 17.7 Å². The number of nitrogens with two attached hydrogens (primary N) is 1. The van der Waals surface area contributed by atoms with E-state index in [9.17, 15) is 0 Å². The molecule has 0 bridgehead atoms. The van der Waals surface area contributed by atoms with Crippen molar-refractivity contribution in [1.29, 1.82) is 5.41 Å². The van der Waals surface area contributed by atoms with Gasteiger partial charge in [0.25, 0.3) is 0 Å². The summed E-state index contributed by atoms with van der Waals surface area (Å²) in [6.45, 7) is 12.6. The van der Waals surface area contributed by atoms with Gasteiger partial charge in [-0.1, -0.05) is 56.6 Å². The van der Waals surface area contributed by atoms with E-state index >= 15 is 8.78 Å². The minimum absolute atomic E-state index is 0.0266. The molecule has 0 aliphatic carbocycles. The van der Waals surface area contributed by atoms with Gasteiger partial charge in [-0.25, -0.2) is 8.78 Å². The van der Waals surface area contributed by atoms with E-state index in [-0.39, 0.29) is 11.0 Å². The van der Waals surface area contributed by atoms with Crippen LogP contribution in [0.1, 0.15) is 69.3 Å². The molecule has 0 radical (unpaired) electrons. The average Bonchev–Trinajstić information content (AvgIpc) is 2.71. The SMILES string of the molecule is CC(C)(C)CSCCC(C)(C)CN1CCc2c(ccc(N)c2C=N)C1c1c(F)cc(Br)cc1F. The van der Waals surface area contributed by atoms with Crippen molar-refractivity contribution in [2.45, 2.75) is 53.5 Å². The molecule has 0 saturated heterocycles. The fraction of sp³-hybridized carbons (Fsp3) is 0.519. The van der Waals surface area contributed by atoms with Gasteiger partial charge in [0.05, 0.1) is 6.04 Å². The second-order valence-electron chi connectivity index (χ2n) is 11.2. The summed E-state index contributed by atoms with van der Waals surface area (Å²) in [4.78, 5) is 2.20. The second kappa shape index (κ2) is 10.7. The van der Waals surface area contributed by atoms with Crippen LogP contribution in [0.5, 0.6) is 0 Å². The average molecular weight is 553 g/mol. The number of nitrogens with zero attached hydrogens (tertiary/aromatic N) is 1. The normalized spacial score (nSPS) is 17.0. The zero-order valence-corrected chi connectivity index (χ0v) is 23.2. The van der Waals surface area contributed by atoms with Crippen LogP contribution in [0, 0.1) is 27.9 Å². The van der Waals surface area contributed by atoms with Crippen molar-refractivity contribution in [2.24, 2.45) is 10.8 Å². The van der Waals surface area contributed by atoms with Gasteiger partial charge in [0.15, 0.2) is 0 Å². The molecule has 34 heavy (non-hydrogen) atoms. The maximum absolute atomic E-state index is 15.2. The Kier molecular flexibility index (Phi) is 8.52. The Labute approximate surface area is 215 Å². The van der Waals surface area contributed by atoms with E-state index in [1.807, 2.05) is 17.8 Å². The number of halogens is 3. The highest BCUT2D eigenvalue weighted by atomic mass is 79.9. The molecular formula is C27H36BrF2N3S. The molecule has 3 N–H and O–H groups in total. The van der Waals surface area contributed by atoms with Gasteiger partial charge < -0.3 is 11.1 Å². The van der Waals surface area contributed by atoms with Crippen LogP contribution in [0.25, 0.3) is 0 Å². The van der Waals surface area contributed by atoms with Crippen molar-refractivity contribution in [3.8, 4) is 0 Å². The van der Waals surface area contributed by atoms with Gasteiger partial charge in [-0.2, -0.15) is 11.8 Å². The summed E-state index contributed by atoms with van der Waals surface area (Å²) in [5, 5.41) is 7.86. The van der Waals surface area contributed by atoms with Crippen LogP contribution in [-0.4, -0.2) is 35.7 Å². The highest BCUT2D eigenvalue weighted by molar-refractivity contribution is 9.10. The van der Waals surface area contributed by atoms with Gasteiger partial charge in [0.2, 0.25) is 0 Å². The van der Waals surface area contributed by atoms with E-state index in [0.29, 0.717) is 40.6 Å². The summed E-state index contributed by atoms with van der Waals surface area (Å²) in [5.41, 5.74) is 9.37. The van der Waals surface area contributed by atoms with E-state index in [1.54, 1.807) is 6.07 Å². The lowest BCUT2D eigenvalue weighted by atomic mass is 9.82. The molecule has 186 valence electrons. The van der Waals surface area contributed by atoms with Gasteiger partial charge in [-0.05, 0) is 64.5 Å². The van der Waals surface area contributed by atoms with Crippen molar-refractivity contribution < 1.29 is 8.78 Å². The number of fused-ring (bicyclic) bond motifs is 1. The first-order chi connectivity index (χ1) is 15.8. The van der Waals surface area contributed by atoms with Gasteiger partial charge >= 0.3 is 0 Å². The molecule has 1 aliphatic heterocycles. The van der Waals surface area contributed by atoms with Gasteiger partial charge in [-0.3, -0.25) is 4.90 Å². The van der Waals surface area contributed by atoms with E-state index in [0.717, 1.165) is 29.1 Å². The Morgan fingerprint density at radius 3 is 2.41 bits per heavy atom. The number of anilines is 1. The molecule has 1 aliphatic rings. The minimum Gasteiger partial charge on any atom is -0.398 e. The Morgan fingerprint density at radius 2 is 1.82 bits per heavy atom. The fourth-order valence-corrected chi connectivity index (χ4v) is 6.52. The Balaban J connectivity index is 1.96. The molecule has 2 aromatic rings. The molecule has 0 aromatic heterocycles. The number of nitrogen functional groups attached to an aromatic ring is 1. The summed E-state index contributed by atoms with van der Waals surface area (Å²) in [6, 6.07) is 5.71. The minimum atomic E-state index is -0.572. The molecule has 7 heteroatoms. The number of nitrogens with one attached hydrogen (secondary N) is 1. The number of thioether (sulfide) groups is 1. The quantitative estimate of drug-likeness (QED) is 0.203. The molecule has 0 fully saturated rings. The Bertz CT molecular complexity index is 1030. The van der Waals surface area contributed by atoms with Crippen LogP contribution in [0.4, 0.5) is 14.5 Å². The lowest BCUT2D eigenvalue weighted by Gasteiger charge is -2.42. The summed E-state index contributed by atoms with van der Waals surface area (Å²) in [5.74, 6) is 1.02. The Hall–Kier alpha value is -1.44. The van der Waals surface area contributed by atoms with Crippen LogP contribution >= 0.6 is 27.7 Å². The highest BCUT2D eigenvalue weighted by Crippen LogP contribution is 2.42. The van der Waals surface area contributed by atoms with Gasteiger partial charge in [-0.15, -0.1) is 0 Å². The first-order valence-electron chi connectivity index (χ1n) is 11.7. The number of hydrogen-bond acceptors (Lipinski definition) is 4. The predicted octanol–water partition coefficient (Wildman–Crippen LogP) is 7.45. The molecule has 3 nitrogen and oxygen atoms in total. The molecule has 1 heterocycles. The topological polar surface area (TPSA) is 53.1 Å². The number of hydrogen-bond donors (Lipinski definition) is 2. The van der Waals surface area contributed by atoms with Crippen LogP contribution in [0.2, 0.25) is 0 Å². The molecular weight excluding hydrogens is 516 g/mol. The smallest absolute Gasteiger partial charge is 0.132 e. The molecule has 3 rings (SSSR count). The number of rotatable bonds is 8. The first-order valence-corrected chi connectivity index (χ1v) is 13.7. The van der Waals surface area contributed by atoms with Crippen LogP contribution < -0.4 is 5.73 Å².